The fourth-order valence-corrected chi connectivity index (χ4v) is 1.79. The molecule has 19 heavy (non-hydrogen) atoms. The Labute approximate surface area is 102 Å². The Balaban J connectivity index is 3.57. The number of halogens is 5. The number of carboxylic acids is 2. The SMILES string of the molecule is O=C(O)C1C=CC=CC1(C(=O)O)C(F)(F)C(F)(F)F. The zero-order valence-corrected chi connectivity index (χ0v) is 8.99. The molecule has 0 aliphatic heterocycles. The monoisotopic (exact) mass is 286 g/mol. The molecular weight excluding hydrogens is 279 g/mol. The Morgan fingerprint density at radius 3 is 1.95 bits per heavy atom. The molecule has 4 nitrogen and oxygen atoms in total. The number of carboxylic acid groups (broad SMARTS) is 2. The lowest BCUT2D eigenvalue weighted by Crippen LogP contribution is -2.60. The van der Waals surface area contributed by atoms with Crippen LogP contribution in [0, 0.1) is 11.3 Å². The van der Waals surface area contributed by atoms with Crippen molar-refractivity contribution in [3.05, 3.63) is 24.3 Å². The predicted molar refractivity (Wildman–Crippen MR) is 50.5 cm³/mol. The number of allylic oxidation sites excluding steroid dienone is 2. The molecule has 0 aromatic heterocycles. The van der Waals surface area contributed by atoms with Gasteiger partial charge in [0.25, 0.3) is 0 Å². The van der Waals surface area contributed by atoms with E-state index in [-0.39, 0.29) is 6.08 Å². The highest BCUT2D eigenvalue weighted by atomic mass is 19.4. The van der Waals surface area contributed by atoms with Crippen molar-refractivity contribution >= 4 is 11.9 Å². The van der Waals surface area contributed by atoms with Crippen LogP contribution in [0.25, 0.3) is 0 Å². The molecule has 2 atom stereocenters. The van der Waals surface area contributed by atoms with E-state index in [0.717, 1.165) is 6.08 Å². The van der Waals surface area contributed by atoms with E-state index in [2.05, 4.69) is 0 Å². The van der Waals surface area contributed by atoms with Crippen LogP contribution < -0.4 is 0 Å². The topological polar surface area (TPSA) is 74.6 Å². The maximum absolute atomic E-state index is 13.5. The molecule has 106 valence electrons. The summed E-state index contributed by atoms with van der Waals surface area (Å²) in [7, 11) is 0. The molecule has 0 aromatic rings. The molecule has 0 amide bonds. The third-order valence-electron chi connectivity index (χ3n) is 2.76. The summed E-state index contributed by atoms with van der Waals surface area (Å²) in [6, 6.07) is 0. The van der Waals surface area contributed by atoms with E-state index in [0.29, 0.717) is 12.2 Å². The van der Waals surface area contributed by atoms with Gasteiger partial charge in [-0.3, -0.25) is 9.59 Å². The van der Waals surface area contributed by atoms with Gasteiger partial charge in [-0.1, -0.05) is 24.3 Å². The summed E-state index contributed by atoms with van der Waals surface area (Å²) in [6.45, 7) is 0. The van der Waals surface area contributed by atoms with Gasteiger partial charge in [-0.05, 0) is 0 Å². The molecule has 2 unspecified atom stereocenters. The fraction of sp³-hybridized carbons (Fsp3) is 0.400. The normalized spacial score (nSPS) is 27.3. The Kier molecular flexibility index (Phi) is 3.44. The van der Waals surface area contributed by atoms with Crippen molar-refractivity contribution in [2.24, 2.45) is 11.3 Å². The highest BCUT2D eigenvalue weighted by molar-refractivity contribution is 5.88. The van der Waals surface area contributed by atoms with Gasteiger partial charge in [0.2, 0.25) is 0 Å². The molecule has 0 saturated heterocycles. The first-order valence-electron chi connectivity index (χ1n) is 4.75. The summed E-state index contributed by atoms with van der Waals surface area (Å²) >= 11 is 0. The molecule has 0 radical (unpaired) electrons. The third-order valence-corrected chi connectivity index (χ3v) is 2.76. The van der Waals surface area contributed by atoms with Crippen molar-refractivity contribution in [1.29, 1.82) is 0 Å². The van der Waals surface area contributed by atoms with Crippen LogP contribution in [-0.2, 0) is 9.59 Å². The van der Waals surface area contributed by atoms with Gasteiger partial charge in [-0.15, -0.1) is 0 Å². The number of aliphatic carboxylic acids is 2. The quantitative estimate of drug-likeness (QED) is 0.779. The van der Waals surface area contributed by atoms with Gasteiger partial charge in [0.05, 0.1) is 0 Å². The van der Waals surface area contributed by atoms with E-state index in [1.54, 1.807) is 0 Å². The maximum atomic E-state index is 13.5. The van der Waals surface area contributed by atoms with E-state index >= 15 is 0 Å². The summed E-state index contributed by atoms with van der Waals surface area (Å²) in [5, 5.41) is 17.5. The van der Waals surface area contributed by atoms with E-state index < -0.39 is 35.4 Å². The molecule has 0 fully saturated rings. The highest BCUT2D eigenvalue weighted by Gasteiger charge is 2.76. The molecule has 0 saturated carbocycles. The van der Waals surface area contributed by atoms with Crippen LogP contribution in [0.15, 0.2) is 24.3 Å². The molecule has 0 aromatic carbocycles. The summed E-state index contributed by atoms with van der Waals surface area (Å²) < 4.78 is 64.1. The van der Waals surface area contributed by atoms with E-state index in [9.17, 15) is 31.5 Å². The summed E-state index contributed by atoms with van der Waals surface area (Å²) in [4.78, 5) is 21.8. The number of hydrogen-bond donors (Lipinski definition) is 2. The fourth-order valence-electron chi connectivity index (χ4n) is 1.79. The number of alkyl halides is 5. The van der Waals surface area contributed by atoms with Gasteiger partial charge < -0.3 is 10.2 Å². The lowest BCUT2D eigenvalue weighted by atomic mass is 9.67. The first-order valence-corrected chi connectivity index (χ1v) is 4.75. The summed E-state index contributed by atoms with van der Waals surface area (Å²) in [5.41, 5.74) is -3.91. The molecule has 1 aliphatic carbocycles. The van der Waals surface area contributed by atoms with Gasteiger partial charge in [-0.25, -0.2) is 0 Å². The van der Waals surface area contributed by atoms with Crippen LogP contribution in [0.1, 0.15) is 0 Å². The molecule has 1 rings (SSSR count). The largest absolute Gasteiger partial charge is 0.481 e. The number of hydrogen-bond acceptors (Lipinski definition) is 2. The van der Waals surface area contributed by atoms with Crippen molar-refractivity contribution in [2.75, 3.05) is 0 Å². The van der Waals surface area contributed by atoms with Crippen LogP contribution >= 0.6 is 0 Å². The van der Waals surface area contributed by atoms with E-state index in [1.807, 2.05) is 0 Å². The molecule has 2 N–H and O–H groups in total. The van der Waals surface area contributed by atoms with Gasteiger partial charge in [0.15, 0.2) is 5.41 Å². The van der Waals surface area contributed by atoms with Crippen molar-refractivity contribution in [3.63, 3.8) is 0 Å². The summed E-state index contributed by atoms with van der Waals surface area (Å²) in [5.74, 6) is -12.9. The van der Waals surface area contributed by atoms with Crippen LogP contribution in [-0.4, -0.2) is 34.3 Å². The first-order chi connectivity index (χ1) is 8.48. The molecule has 0 bridgehead atoms. The number of rotatable bonds is 3. The third kappa shape index (κ3) is 1.98. The van der Waals surface area contributed by atoms with E-state index in [4.69, 9.17) is 10.2 Å². The van der Waals surface area contributed by atoms with Crippen LogP contribution in [0.4, 0.5) is 22.0 Å². The smallest absolute Gasteiger partial charge is 0.454 e. The second-order valence-corrected chi connectivity index (χ2v) is 3.81. The van der Waals surface area contributed by atoms with Crippen molar-refractivity contribution < 1.29 is 41.8 Å². The molecular formula is C10H7F5O4. The predicted octanol–water partition coefficient (Wildman–Crippen LogP) is 2.08. The van der Waals surface area contributed by atoms with Crippen molar-refractivity contribution in [3.8, 4) is 0 Å². The molecule has 0 spiro atoms. The second kappa shape index (κ2) is 4.32. The van der Waals surface area contributed by atoms with Crippen molar-refractivity contribution in [1.82, 2.24) is 0 Å². The second-order valence-electron chi connectivity index (χ2n) is 3.81. The zero-order valence-electron chi connectivity index (χ0n) is 8.99. The Morgan fingerprint density at radius 2 is 1.58 bits per heavy atom. The molecule has 0 heterocycles. The van der Waals surface area contributed by atoms with Crippen LogP contribution in [0.3, 0.4) is 0 Å². The van der Waals surface area contributed by atoms with Crippen molar-refractivity contribution in [2.45, 2.75) is 12.1 Å². The first kappa shape index (κ1) is 15.1. The highest BCUT2D eigenvalue weighted by Crippen LogP contribution is 2.54. The lowest BCUT2D eigenvalue weighted by molar-refractivity contribution is -0.319. The lowest BCUT2D eigenvalue weighted by Gasteiger charge is -2.39. The van der Waals surface area contributed by atoms with E-state index in [1.165, 1.54) is 0 Å². The van der Waals surface area contributed by atoms with Crippen LogP contribution in [0.2, 0.25) is 0 Å². The molecule has 9 heteroatoms. The minimum absolute atomic E-state index is 0.0572. The van der Waals surface area contributed by atoms with Gasteiger partial charge in [0, 0.05) is 0 Å². The van der Waals surface area contributed by atoms with Gasteiger partial charge >= 0.3 is 24.0 Å². The Morgan fingerprint density at radius 1 is 1.05 bits per heavy atom. The zero-order chi connectivity index (χ0) is 15.1. The maximum Gasteiger partial charge on any atom is 0.454 e. The minimum atomic E-state index is -6.20. The average molecular weight is 286 g/mol. The Hall–Kier alpha value is -1.93. The van der Waals surface area contributed by atoms with Gasteiger partial charge in [0.1, 0.15) is 5.92 Å². The van der Waals surface area contributed by atoms with Gasteiger partial charge in [-0.2, -0.15) is 22.0 Å². The molecule has 1 aliphatic rings. The minimum Gasteiger partial charge on any atom is -0.481 e. The number of carbonyl (C=O) groups is 2. The summed E-state index contributed by atoms with van der Waals surface area (Å²) in [6.07, 6.45) is -4.12. The average Bonchev–Trinajstić information content (AvgIpc) is 2.26. The Bertz CT molecular complexity index is 465. The standard InChI is InChI=1S/C10H7F5O4/c11-9(12,10(13,14)15)8(7(18)19)4-2-1-3-5(8)6(16)17/h1-5H,(H,16,17)(H,18,19). The van der Waals surface area contributed by atoms with Crippen LogP contribution in [0.5, 0.6) is 0 Å².